The molecule has 0 bridgehead atoms. The molecule has 2 N–H and O–H groups in total. The van der Waals surface area contributed by atoms with Crippen LogP contribution in [-0.2, 0) is 4.74 Å². The van der Waals surface area contributed by atoms with Crippen LogP contribution in [0.2, 0.25) is 0 Å². The summed E-state index contributed by atoms with van der Waals surface area (Å²) in [6.45, 7) is 1.90. The second-order valence-corrected chi connectivity index (χ2v) is 6.38. The van der Waals surface area contributed by atoms with Gasteiger partial charge in [-0.3, -0.25) is 14.8 Å². The van der Waals surface area contributed by atoms with Gasteiger partial charge in [-0.15, -0.1) is 0 Å². The van der Waals surface area contributed by atoms with E-state index in [9.17, 15) is 9.18 Å². The maximum absolute atomic E-state index is 15.1. The monoisotopic (exact) mass is 384 g/mol. The number of rotatable bonds is 4. The fourth-order valence-electron chi connectivity index (χ4n) is 3.14. The number of halogens is 2. The minimum Gasteiger partial charge on any atom is -0.371 e. The van der Waals surface area contributed by atoms with Gasteiger partial charge in [0.15, 0.2) is 0 Å². The number of nitrogens with one attached hydrogen (secondary N) is 2. The van der Waals surface area contributed by atoms with E-state index >= 15 is 4.39 Å². The van der Waals surface area contributed by atoms with Crippen molar-refractivity contribution in [3.05, 3.63) is 77.6 Å². The highest BCUT2D eigenvalue weighted by Crippen LogP contribution is 2.32. The molecule has 3 aromatic rings. The van der Waals surface area contributed by atoms with Crippen LogP contribution in [0.3, 0.4) is 0 Å². The summed E-state index contributed by atoms with van der Waals surface area (Å²) in [6, 6.07) is 9.92. The van der Waals surface area contributed by atoms with Crippen LogP contribution in [0, 0.1) is 11.6 Å². The van der Waals surface area contributed by atoms with Crippen LogP contribution >= 0.6 is 0 Å². The van der Waals surface area contributed by atoms with Crippen molar-refractivity contribution in [2.75, 3.05) is 24.6 Å². The van der Waals surface area contributed by atoms with Gasteiger partial charge >= 0.3 is 0 Å². The number of benzene rings is 2. The van der Waals surface area contributed by atoms with Crippen molar-refractivity contribution < 1.29 is 18.3 Å². The van der Waals surface area contributed by atoms with Crippen molar-refractivity contribution in [1.29, 1.82) is 0 Å². The summed E-state index contributed by atoms with van der Waals surface area (Å²) in [4.78, 5) is 14.2. The van der Waals surface area contributed by atoms with Crippen LogP contribution in [0.25, 0.3) is 0 Å². The lowest BCUT2D eigenvalue weighted by molar-refractivity contribution is 0.0275. The van der Waals surface area contributed by atoms with Gasteiger partial charge in [-0.1, -0.05) is 6.07 Å². The Kier molecular flexibility index (Phi) is 5.14. The second kappa shape index (κ2) is 7.87. The molecule has 1 aromatic heterocycles. The smallest absolute Gasteiger partial charge is 0.266 e. The number of amides is 1. The van der Waals surface area contributed by atoms with Gasteiger partial charge in [0.05, 0.1) is 30.2 Å². The molecule has 1 amide bonds. The molecule has 1 atom stereocenters. The molecule has 0 unspecified atom stereocenters. The first-order valence-corrected chi connectivity index (χ1v) is 8.84. The largest absolute Gasteiger partial charge is 0.371 e. The molecule has 0 aliphatic carbocycles. The number of H-pyrrole nitrogens is 1. The van der Waals surface area contributed by atoms with E-state index in [1.807, 2.05) is 0 Å². The van der Waals surface area contributed by atoms with Crippen molar-refractivity contribution in [2.45, 2.75) is 6.10 Å². The van der Waals surface area contributed by atoms with E-state index in [1.165, 1.54) is 53.7 Å². The van der Waals surface area contributed by atoms with Crippen LogP contribution < -0.4 is 10.2 Å². The van der Waals surface area contributed by atoms with Crippen LogP contribution in [0.5, 0.6) is 0 Å². The van der Waals surface area contributed by atoms with E-state index < -0.39 is 17.5 Å². The molecule has 2 aromatic carbocycles. The van der Waals surface area contributed by atoms with Crippen LogP contribution in [-0.4, -0.2) is 35.8 Å². The third-order valence-corrected chi connectivity index (χ3v) is 4.55. The van der Waals surface area contributed by atoms with Gasteiger partial charge in [-0.2, -0.15) is 5.10 Å². The lowest BCUT2D eigenvalue weighted by Crippen LogP contribution is -2.33. The third-order valence-electron chi connectivity index (χ3n) is 4.55. The fraction of sp³-hybridized carbons (Fsp3) is 0.200. The number of carbonyl (C=O) groups excluding carboxylic acids is 1. The van der Waals surface area contributed by atoms with E-state index in [2.05, 4.69) is 15.5 Å². The number of nitrogens with zero attached hydrogens (tertiary/aromatic N) is 2. The van der Waals surface area contributed by atoms with Crippen LogP contribution in [0.4, 0.5) is 20.2 Å². The lowest BCUT2D eigenvalue weighted by Gasteiger charge is -2.26. The van der Waals surface area contributed by atoms with Gasteiger partial charge in [-0.25, -0.2) is 8.78 Å². The SMILES string of the molecule is O=C(c1cn[nH]c1)N(c1ccc(F)cc1)c1ccc([C@H]2CNCCO2)cc1F. The molecule has 0 spiro atoms. The molecule has 0 radical (unpaired) electrons. The predicted octanol–water partition coefficient (Wildman–Crippen LogP) is 3.33. The summed E-state index contributed by atoms with van der Waals surface area (Å²) in [7, 11) is 0. The Morgan fingerprint density at radius 2 is 2.00 bits per heavy atom. The number of aromatic nitrogens is 2. The van der Waals surface area contributed by atoms with Gasteiger partial charge in [0.25, 0.3) is 5.91 Å². The maximum Gasteiger partial charge on any atom is 0.266 e. The zero-order chi connectivity index (χ0) is 19.5. The fourth-order valence-corrected chi connectivity index (χ4v) is 3.14. The molecule has 6 nitrogen and oxygen atoms in total. The molecule has 0 saturated carbocycles. The Bertz CT molecular complexity index is 955. The van der Waals surface area contributed by atoms with Crippen LogP contribution in [0.15, 0.2) is 54.9 Å². The van der Waals surface area contributed by atoms with Gasteiger partial charge in [0, 0.05) is 25.0 Å². The highest BCUT2D eigenvalue weighted by molar-refractivity contribution is 6.10. The zero-order valence-electron chi connectivity index (χ0n) is 14.9. The first-order chi connectivity index (χ1) is 13.6. The Balaban J connectivity index is 1.73. The summed E-state index contributed by atoms with van der Waals surface area (Å²) in [5.74, 6) is -1.51. The minimum atomic E-state index is -0.576. The summed E-state index contributed by atoms with van der Waals surface area (Å²) >= 11 is 0. The first kappa shape index (κ1) is 18.3. The Hall–Kier alpha value is -3.10. The summed E-state index contributed by atoms with van der Waals surface area (Å²) in [5, 5.41) is 9.54. The van der Waals surface area contributed by atoms with E-state index in [-0.39, 0.29) is 17.4 Å². The molecular formula is C20H18F2N4O2. The normalized spacial score (nSPS) is 16.7. The maximum atomic E-state index is 15.1. The number of anilines is 2. The number of carbonyl (C=O) groups is 1. The summed E-state index contributed by atoms with van der Waals surface area (Å²) in [6.07, 6.45) is 2.53. The summed E-state index contributed by atoms with van der Waals surface area (Å²) in [5.41, 5.74) is 1.34. The molecule has 4 rings (SSSR count). The number of aromatic amines is 1. The van der Waals surface area contributed by atoms with Crippen LogP contribution in [0.1, 0.15) is 22.0 Å². The standard InChI is InChI=1S/C20H18F2N4O2/c21-15-2-4-16(5-3-15)26(20(27)14-10-24-25-11-14)18-6-1-13(9-17(18)22)19-12-23-7-8-28-19/h1-6,9-11,19,23H,7-8,12H2,(H,24,25)/t19-/m1/s1. The average Bonchev–Trinajstić information content (AvgIpc) is 3.26. The lowest BCUT2D eigenvalue weighted by atomic mass is 10.1. The van der Waals surface area contributed by atoms with Crippen molar-refractivity contribution in [3.63, 3.8) is 0 Å². The Morgan fingerprint density at radius 3 is 2.64 bits per heavy atom. The zero-order valence-corrected chi connectivity index (χ0v) is 14.9. The van der Waals surface area contributed by atoms with Gasteiger partial charge in [0.2, 0.25) is 0 Å². The molecule has 144 valence electrons. The van der Waals surface area contributed by atoms with E-state index in [0.717, 1.165) is 6.54 Å². The molecule has 28 heavy (non-hydrogen) atoms. The highest BCUT2D eigenvalue weighted by atomic mass is 19.1. The first-order valence-electron chi connectivity index (χ1n) is 8.84. The van der Waals surface area contributed by atoms with Crippen molar-refractivity contribution in [1.82, 2.24) is 15.5 Å². The number of ether oxygens (including phenoxy) is 1. The molecule has 8 heteroatoms. The second-order valence-electron chi connectivity index (χ2n) is 6.38. The molecule has 1 aliphatic heterocycles. The van der Waals surface area contributed by atoms with E-state index in [4.69, 9.17) is 4.74 Å². The molecule has 1 fully saturated rings. The molecule has 2 heterocycles. The molecule has 1 aliphatic rings. The molecular weight excluding hydrogens is 366 g/mol. The average molecular weight is 384 g/mol. The van der Waals surface area contributed by atoms with Crippen molar-refractivity contribution in [3.8, 4) is 0 Å². The highest BCUT2D eigenvalue weighted by Gasteiger charge is 2.25. The van der Waals surface area contributed by atoms with Gasteiger partial charge < -0.3 is 10.1 Å². The number of morpholine rings is 1. The topological polar surface area (TPSA) is 70.2 Å². The van der Waals surface area contributed by atoms with Gasteiger partial charge in [0.1, 0.15) is 11.6 Å². The van der Waals surface area contributed by atoms with Crippen molar-refractivity contribution in [2.24, 2.45) is 0 Å². The third kappa shape index (κ3) is 3.64. The Morgan fingerprint density at radius 1 is 1.18 bits per heavy atom. The van der Waals surface area contributed by atoms with E-state index in [0.29, 0.717) is 24.4 Å². The van der Waals surface area contributed by atoms with E-state index in [1.54, 1.807) is 6.07 Å². The predicted molar refractivity (Wildman–Crippen MR) is 99.4 cm³/mol. The summed E-state index contributed by atoms with van der Waals surface area (Å²) < 4.78 is 34.1. The Labute approximate surface area is 160 Å². The van der Waals surface area contributed by atoms with Gasteiger partial charge in [-0.05, 0) is 42.0 Å². The van der Waals surface area contributed by atoms with Crippen molar-refractivity contribution >= 4 is 17.3 Å². The minimum absolute atomic E-state index is 0.0605. The number of hydrogen-bond donors (Lipinski definition) is 2. The number of hydrogen-bond acceptors (Lipinski definition) is 4. The molecule has 1 saturated heterocycles. The quantitative estimate of drug-likeness (QED) is 0.724.